The van der Waals surface area contributed by atoms with Crippen molar-refractivity contribution in [1.82, 2.24) is 10.6 Å². The van der Waals surface area contributed by atoms with Crippen LogP contribution in [0.3, 0.4) is 0 Å². The van der Waals surface area contributed by atoms with Crippen molar-refractivity contribution in [2.75, 3.05) is 26.2 Å². The van der Waals surface area contributed by atoms with Crippen LogP contribution in [0.25, 0.3) is 0 Å². The molecule has 0 rings (SSSR count). The van der Waals surface area contributed by atoms with Gasteiger partial charge in [-0.3, -0.25) is 9.59 Å². The van der Waals surface area contributed by atoms with E-state index in [0.29, 0.717) is 26.1 Å². The second kappa shape index (κ2) is 12.3. The van der Waals surface area contributed by atoms with Gasteiger partial charge in [0, 0.05) is 25.7 Å². The van der Waals surface area contributed by atoms with E-state index >= 15 is 0 Å². The molecule has 2 atom stereocenters. The molecule has 0 spiro atoms. The highest BCUT2D eigenvalue weighted by molar-refractivity contribution is 5.84. The van der Waals surface area contributed by atoms with Gasteiger partial charge in [-0.05, 0) is 6.42 Å². The summed E-state index contributed by atoms with van der Waals surface area (Å²) >= 11 is 0. The van der Waals surface area contributed by atoms with Gasteiger partial charge in [0.25, 0.3) is 0 Å². The Bertz CT molecular complexity index is 334. The number of carboxylic acids is 1. The molecule has 0 aliphatic carbocycles. The average Bonchev–Trinajstić information content (AvgIpc) is 2.47. The van der Waals surface area contributed by atoms with Gasteiger partial charge in [-0.15, -0.1) is 0 Å². The van der Waals surface area contributed by atoms with Gasteiger partial charge in [-0.25, -0.2) is 0 Å². The zero-order valence-corrected chi connectivity index (χ0v) is 12.7. The smallest absolute Gasteiger partial charge is 0.322 e. The first kappa shape index (κ1) is 19.6. The topological polar surface area (TPSA) is 130 Å². The lowest BCUT2D eigenvalue weighted by Crippen LogP contribution is -2.39. The summed E-state index contributed by atoms with van der Waals surface area (Å²) < 4.78 is 0. The summed E-state index contributed by atoms with van der Waals surface area (Å²) in [5, 5.41) is 14.1. The van der Waals surface area contributed by atoms with Gasteiger partial charge in [0.2, 0.25) is 5.91 Å². The van der Waals surface area contributed by atoms with E-state index in [2.05, 4.69) is 10.6 Å². The Balaban J connectivity index is 4.20. The number of carboxylic acid groups (broad SMARTS) is 1. The van der Waals surface area contributed by atoms with Gasteiger partial charge >= 0.3 is 5.97 Å². The minimum atomic E-state index is -1.04. The fourth-order valence-electron chi connectivity index (χ4n) is 1.70. The van der Waals surface area contributed by atoms with Crippen LogP contribution >= 0.6 is 0 Å². The lowest BCUT2D eigenvalue weighted by atomic mass is 10.0. The van der Waals surface area contributed by atoms with E-state index in [4.69, 9.17) is 16.6 Å². The number of aliphatic carboxylic acids is 1. The number of rotatable bonds is 12. The first-order valence-electron chi connectivity index (χ1n) is 7.33. The van der Waals surface area contributed by atoms with Crippen molar-refractivity contribution in [3.05, 3.63) is 12.2 Å². The van der Waals surface area contributed by atoms with E-state index in [-0.39, 0.29) is 24.4 Å². The Kier molecular flexibility index (Phi) is 11.5. The molecule has 0 aliphatic heterocycles. The van der Waals surface area contributed by atoms with Gasteiger partial charge in [-0.1, -0.05) is 31.9 Å². The molecule has 0 aliphatic rings. The maximum atomic E-state index is 11.9. The summed E-state index contributed by atoms with van der Waals surface area (Å²) in [6.07, 6.45) is 6.29. The highest BCUT2D eigenvalue weighted by atomic mass is 16.4. The van der Waals surface area contributed by atoms with Crippen LogP contribution in [0.5, 0.6) is 0 Å². The Hall–Kier alpha value is -1.44. The molecule has 0 aromatic rings. The fraction of sp³-hybridized carbons (Fsp3) is 0.714. The predicted octanol–water partition coefficient (Wildman–Crippen LogP) is -0.575. The van der Waals surface area contributed by atoms with Gasteiger partial charge in [0.15, 0.2) is 0 Å². The molecule has 0 bridgehead atoms. The number of amides is 1. The lowest BCUT2D eigenvalue weighted by molar-refractivity contribution is -0.138. The summed E-state index contributed by atoms with van der Waals surface area (Å²) in [6.45, 7) is 3.34. The monoisotopic (exact) mass is 300 g/mol. The maximum Gasteiger partial charge on any atom is 0.322 e. The second-order valence-corrected chi connectivity index (χ2v) is 4.94. The molecule has 0 heterocycles. The fourth-order valence-corrected chi connectivity index (χ4v) is 1.70. The third-order valence-electron chi connectivity index (χ3n) is 2.96. The molecule has 7 N–H and O–H groups in total. The van der Waals surface area contributed by atoms with Crippen LogP contribution in [0.4, 0.5) is 0 Å². The zero-order valence-electron chi connectivity index (χ0n) is 12.7. The van der Waals surface area contributed by atoms with E-state index in [9.17, 15) is 9.59 Å². The molecule has 122 valence electrons. The molecule has 0 saturated heterocycles. The summed E-state index contributed by atoms with van der Waals surface area (Å²) in [4.78, 5) is 22.4. The van der Waals surface area contributed by atoms with Crippen LogP contribution in [-0.2, 0) is 9.59 Å². The number of nitrogens with two attached hydrogens (primary N) is 2. The highest BCUT2D eigenvalue weighted by Gasteiger charge is 2.15. The minimum Gasteiger partial charge on any atom is -0.480 e. The Labute approximate surface area is 126 Å². The van der Waals surface area contributed by atoms with Crippen molar-refractivity contribution < 1.29 is 14.7 Å². The number of unbranched alkanes of at least 4 members (excludes halogenated alkanes) is 1. The number of hydrogen-bond donors (Lipinski definition) is 5. The van der Waals surface area contributed by atoms with Crippen molar-refractivity contribution in [2.24, 2.45) is 17.4 Å². The Morgan fingerprint density at radius 2 is 2.10 bits per heavy atom. The molecule has 7 nitrogen and oxygen atoms in total. The molecule has 0 saturated carbocycles. The van der Waals surface area contributed by atoms with Gasteiger partial charge < -0.3 is 27.2 Å². The summed E-state index contributed by atoms with van der Waals surface area (Å²) in [7, 11) is 0. The first-order valence-corrected chi connectivity index (χ1v) is 7.33. The molecule has 0 radical (unpaired) electrons. The summed E-state index contributed by atoms with van der Waals surface area (Å²) in [5.41, 5.74) is 11.1. The predicted molar refractivity (Wildman–Crippen MR) is 82.7 cm³/mol. The molecular formula is C14H28N4O3. The van der Waals surface area contributed by atoms with Crippen LogP contribution in [-0.4, -0.2) is 49.2 Å². The van der Waals surface area contributed by atoms with Gasteiger partial charge in [0.05, 0.1) is 5.92 Å². The third-order valence-corrected chi connectivity index (χ3v) is 2.96. The van der Waals surface area contributed by atoms with Crippen LogP contribution in [0.2, 0.25) is 0 Å². The average molecular weight is 300 g/mol. The second-order valence-electron chi connectivity index (χ2n) is 4.94. The SMILES string of the molecule is CCCC[C@H](/C=C/CNC[C@@H](N)CN)C(=O)NCC(=O)O. The molecule has 0 fully saturated rings. The van der Waals surface area contributed by atoms with E-state index in [1.807, 2.05) is 19.1 Å². The van der Waals surface area contributed by atoms with E-state index in [0.717, 1.165) is 12.8 Å². The molecular weight excluding hydrogens is 272 g/mol. The van der Waals surface area contributed by atoms with E-state index < -0.39 is 5.97 Å². The zero-order chi connectivity index (χ0) is 16.1. The Morgan fingerprint density at radius 1 is 1.38 bits per heavy atom. The first-order chi connectivity index (χ1) is 10.0. The van der Waals surface area contributed by atoms with E-state index in [1.165, 1.54) is 0 Å². The van der Waals surface area contributed by atoms with Gasteiger partial charge in [0.1, 0.15) is 6.54 Å². The van der Waals surface area contributed by atoms with Crippen molar-refractivity contribution in [1.29, 1.82) is 0 Å². The molecule has 7 heteroatoms. The summed E-state index contributed by atoms with van der Waals surface area (Å²) in [6, 6.07) is -0.0758. The van der Waals surface area contributed by atoms with Crippen molar-refractivity contribution in [3.63, 3.8) is 0 Å². The molecule has 0 unspecified atom stereocenters. The molecule has 21 heavy (non-hydrogen) atoms. The quantitative estimate of drug-likeness (QED) is 0.242. The van der Waals surface area contributed by atoms with Crippen molar-refractivity contribution >= 4 is 11.9 Å². The number of carbonyl (C=O) groups excluding carboxylic acids is 1. The standard InChI is InChI=1S/C14H28N4O3/c1-2-3-5-11(14(21)18-10-13(19)20)6-4-7-17-9-12(16)8-15/h4,6,11-12,17H,2-3,5,7-10,15-16H2,1H3,(H,18,21)(H,19,20)/b6-4+/t11-,12+/m1/s1. The van der Waals surface area contributed by atoms with Crippen molar-refractivity contribution in [3.8, 4) is 0 Å². The number of carbonyl (C=O) groups is 2. The van der Waals surface area contributed by atoms with Crippen LogP contribution in [0.1, 0.15) is 26.2 Å². The molecule has 1 amide bonds. The highest BCUT2D eigenvalue weighted by Crippen LogP contribution is 2.10. The van der Waals surface area contributed by atoms with Gasteiger partial charge in [-0.2, -0.15) is 0 Å². The van der Waals surface area contributed by atoms with Crippen LogP contribution in [0, 0.1) is 5.92 Å². The normalized spacial score (nSPS) is 14.0. The third kappa shape index (κ3) is 10.9. The van der Waals surface area contributed by atoms with Crippen LogP contribution in [0.15, 0.2) is 12.2 Å². The number of nitrogens with one attached hydrogen (secondary N) is 2. The van der Waals surface area contributed by atoms with Crippen LogP contribution < -0.4 is 22.1 Å². The molecule has 0 aromatic heterocycles. The van der Waals surface area contributed by atoms with Crippen molar-refractivity contribution in [2.45, 2.75) is 32.2 Å². The maximum absolute atomic E-state index is 11.9. The number of hydrogen-bond acceptors (Lipinski definition) is 5. The lowest BCUT2D eigenvalue weighted by Gasteiger charge is -2.12. The van der Waals surface area contributed by atoms with E-state index in [1.54, 1.807) is 0 Å². The summed E-state index contributed by atoms with van der Waals surface area (Å²) in [5.74, 6) is -1.59. The largest absolute Gasteiger partial charge is 0.480 e. The Morgan fingerprint density at radius 3 is 2.67 bits per heavy atom. The molecule has 0 aromatic carbocycles. The minimum absolute atomic E-state index is 0.0758.